The maximum Gasteiger partial charge on any atom is 0.287 e. The Kier molecular flexibility index (Phi) is 6.18. The molecule has 0 atom stereocenters. The number of aromatic hydroxyl groups is 1. The van der Waals surface area contributed by atoms with Crippen LogP contribution in [0.2, 0.25) is 0 Å². The van der Waals surface area contributed by atoms with Gasteiger partial charge < -0.3 is 20.2 Å². The van der Waals surface area contributed by atoms with Crippen molar-refractivity contribution in [2.75, 3.05) is 18.4 Å². The van der Waals surface area contributed by atoms with Crippen LogP contribution < -0.4 is 10.6 Å². The van der Waals surface area contributed by atoms with Crippen molar-refractivity contribution in [3.8, 4) is 17.0 Å². The summed E-state index contributed by atoms with van der Waals surface area (Å²) in [5.41, 5.74) is 2.65. The number of benzene rings is 2. The first kappa shape index (κ1) is 22.0. The van der Waals surface area contributed by atoms with Gasteiger partial charge in [0.05, 0.1) is 16.4 Å². The lowest BCUT2D eigenvalue weighted by atomic mass is 10.1. The summed E-state index contributed by atoms with van der Waals surface area (Å²) in [7, 11) is 0. The number of aromatic nitrogens is 3. The van der Waals surface area contributed by atoms with Gasteiger partial charge in [0.25, 0.3) is 5.91 Å². The molecule has 0 aliphatic rings. The van der Waals surface area contributed by atoms with E-state index in [0.717, 1.165) is 28.5 Å². The van der Waals surface area contributed by atoms with Crippen molar-refractivity contribution in [1.29, 1.82) is 0 Å². The van der Waals surface area contributed by atoms with E-state index in [0.29, 0.717) is 41.3 Å². The average Bonchev–Trinajstić information content (AvgIpc) is 3.45. The molecule has 0 aliphatic carbocycles. The number of amides is 1. The third kappa shape index (κ3) is 4.47. The van der Waals surface area contributed by atoms with Gasteiger partial charge in [0.15, 0.2) is 11.4 Å². The minimum absolute atomic E-state index is 0.168. The molecule has 5 rings (SSSR count). The fourth-order valence-electron chi connectivity index (χ4n) is 3.74. The maximum absolute atomic E-state index is 12.4. The normalized spacial score (nSPS) is 11.2. The second kappa shape index (κ2) is 9.56. The second-order valence-corrected chi connectivity index (χ2v) is 8.66. The number of phenols is 1. The molecule has 3 aromatic heterocycles. The van der Waals surface area contributed by atoms with Crippen molar-refractivity contribution in [2.24, 2.45) is 0 Å². The van der Waals surface area contributed by atoms with Crippen molar-refractivity contribution in [3.63, 3.8) is 0 Å². The number of para-hydroxylation sites is 2. The SMILES string of the molecule is O=C(NCCCCNc1cc(-c2ccccc2O)nc2c(Br)cnn12)c1cc2ccccc2o1. The molecular weight excluding hydrogens is 498 g/mol. The molecule has 9 heteroatoms. The predicted octanol–water partition coefficient (Wildman–Crippen LogP) is 5.23. The minimum atomic E-state index is -0.214. The lowest BCUT2D eigenvalue weighted by Gasteiger charge is -2.11. The van der Waals surface area contributed by atoms with Crippen molar-refractivity contribution >= 4 is 44.3 Å². The molecule has 0 saturated heterocycles. The van der Waals surface area contributed by atoms with E-state index in [2.05, 4.69) is 36.6 Å². The number of phenolic OH excluding ortho intramolecular Hbond substituents is 1. The monoisotopic (exact) mass is 519 g/mol. The summed E-state index contributed by atoms with van der Waals surface area (Å²) in [4.78, 5) is 17.0. The molecule has 0 aliphatic heterocycles. The Balaban J connectivity index is 1.19. The fourth-order valence-corrected chi connectivity index (χ4v) is 4.09. The van der Waals surface area contributed by atoms with Crippen LogP contribution in [0, 0.1) is 0 Å². The molecule has 3 N–H and O–H groups in total. The zero-order valence-corrected chi connectivity index (χ0v) is 19.7. The third-order valence-electron chi connectivity index (χ3n) is 5.45. The molecule has 34 heavy (non-hydrogen) atoms. The van der Waals surface area contributed by atoms with E-state index in [9.17, 15) is 9.90 Å². The first-order valence-electron chi connectivity index (χ1n) is 10.9. The quantitative estimate of drug-likeness (QED) is 0.242. The summed E-state index contributed by atoms with van der Waals surface area (Å²) in [5, 5.41) is 21.8. The van der Waals surface area contributed by atoms with E-state index in [1.165, 1.54) is 0 Å². The van der Waals surface area contributed by atoms with Crippen LogP contribution in [0.25, 0.3) is 27.9 Å². The topological polar surface area (TPSA) is 105 Å². The van der Waals surface area contributed by atoms with E-state index >= 15 is 0 Å². The summed E-state index contributed by atoms with van der Waals surface area (Å²) in [6, 6.07) is 18.3. The number of nitrogens with one attached hydrogen (secondary N) is 2. The Morgan fingerprint density at radius 1 is 1.06 bits per heavy atom. The highest BCUT2D eigenvalue weighted by Gasteiger charge is 2.14. The van der Waals surface area contributed by atoms with Gasteiger partial charge in [0.2, 0.25) is 0 Å². The number of halogens is 1. The van der Waals surface area contributed by atoms with Crippen LogP contribution in [-0.4, -0.2) is 38.7 Å². The molecule has 0 fully saturated rings. The first-order valence-corrected chi connectivity index (χ1v) is 11.7. The number of furan rings is 1. The lowest BCUT2D eigenvalue weighted by Crippen LogP contribution is -2.24. The molecule has 8 nitrogen and oxygen atoms in total. The molecule has 1 amide bonds. The standard InChI is InChI=1S/C25H22BrN5O3/c26-18-15-29-31-23(14-19(30-24(18)31)17-8-2-3-9-20(17)32)27-11-5-6-12-28-25(33)22-13-16-7-1-4-10-21(16)34-22/h1-4,7-10,13-15,27,32H,5-6,11-12H2,(H,28,33). The number of anilines is 1. The van der Waals surface area contributed by atoms with Crippen LogP contribution in [0.15, 0.2) is 75.8 Å². The lowest BCUT2D eigenvalue weighted by molar-refractivity contribution is 0.0927. The smallest absolute Gasteiger partial charge is 0.287 e. The second-order valence-electron chi connectivity index (χ2n) is 7.81. The van der Waals surface area contributed by atoms with Crippen LogP contribution >= 0.6 is 15.9 Å². The number of hydrogen-bond acceptors (Lipinski definition) is 6. The summed E-state index contributed by atoms with van der Waals surface area (Å²) in [6.07, 6.45) is 3.32. The average molecular weight is 520 g/mol. The van der Waals surface area contributed by atoms with Crippen LogP contribution in [0.4, 0.5) is 5.82 Å². The molecule has 2 aromatic carbocycles. The molecule has 0 spiro atoms. The zero-order valence-electron chi connectivity index (χ0n) is 18.2. The molecule has 3 heterocycles. The molecule has 0 saturated carbocycles. The van der Waals surface area contributed by atoms with Crippen molar-refractivity contribution in [3.05, 3.63) is 77.1 Å². The Labute approximate surface area is 203 Å². The van der Waals surface area contributed by atoms with Gasteiger partial charge in [-0.25, -0.2) is 4.98 Å². The molecule has 0 unspecified atom stereocenters. The molecule has 0 radical (unpaired) electrons. The van der Waals surface area contributed by atoms with E-state index in [4.69, 9.17) is 4.42 Å². The highest BCUT2D eigenvalue weighted by molar-refractivity contribution is 9.10. The van der Waals surface area contributed by atoms with Gasteiger partial charge in [-0.05, 0) is 53.0 Å². The Morgan fingerprint density at radius 3 is 2.71 bits per heavy atom. The van der Waals surface area contributed by atoms with Crippen molar-refractivity contribution < 1.29 is 14.3 Å². The maximum atomic E-state index is 12.4. The van der Waals surface area contributed by atoms with Gasteiger partial charge in [-0.15, -0.1) is 0 Å². The van der Waals surface area contributed by atoms with E-state index in [1.807, 2.05) is 42.5 Å². The Bertz CT molecular complexity index is 1440. The number of carbonyl (C=O) groups excluding carboxylic acids is 1. The molecular formula is C25H22BrN5O3. The van der Waals surface area contributed by atoms with Gasteiger partial charge in [0.1, 0.15) is 17.2 Å². The van der Waals surface area contributed by atoms with Crippen molar-refractivity contribution in [1.82, 2.24) is 19.9 Å². The van der Waals surface area contributed by atoms with Gasteiger partial charge in [-0.1, -0.05) is 30.3 Å². The predicted molar refractivity (Wildman–Crippen MR) is 134 cm³/mol. The third-order valence-corrected chi connectivity index (χ3v) is 6.01. The van der Waals surface area contributed by atoms with Gasteiger partial charge >= 0.3 is 0 Å². The van der Waals surface area contributed by atoms with Gasteiger partial charge in [-0.2, -0.15) is 9.61 Å². The molecule has 172 valence electrons. The highest BCUT2D eigenvalue weighted by Crippen LogP contribution is 2.31. The van der Waals surface area contributed by atoms with Crippen LogP contribution in [-0.2, 0) is 0 Å². The van der Waals surface area contributed by atoms with Crippen molar-refractivity contribution in [2.45, 2.75) is 12.8 Å². The number of nitrogens with zero attached hydrogens (tertiary/aromatic N) is 3. The number of rotatable bonds is 8. The fraction of sp³-hybridized carbons (Fsp3) is 0.160. The Hall–Kier alpha value is -3.85. The number of fused-ring (bicyclic) bond motifs is 2. The van der Waals surface area contributed by atoms with Crippen LogP contribution in [0.3, 0.4) is 0 Å². The van der Waals surface area contributed by atoms with E-state index in [-0.39, 0.29) is 11.7 Å². The Morgan fingerprint density at radius 2 is 1.85 bits per heavy atom. The highest BCUT2D eigenvalue weighted by atomic mass is 79.9. The number of carbonyl (C=O) groups is 1. The number of hydrogen-bond donors (Lipinski definition) is 3. The summed E-state index contributed by atoms with van der Waals surface area (Å²) >= 11 is 3.49. The zero-order chi connectivity index (χ0) is 23.5. The van der Waals surface area contributed by atoms with E-state index in [1.54, 1.807) is 28.9 Å². The van der Waals surface area contributed by atoms with E-state index < -0.39 is 0 Å². The number of unbranched alkanes of at least 4 members (excludes halogenated alkanes) is 1. The van der Waals surface area contributed by atoms with Crippen LogP contribution in [0.1, 0.15) is 23.4 Å². The minimum Gasteiger partial charge on any atom is -0.507 e. The largest absolute Gasteiger partial charge is 0.507 e. The first-order chi connectivity index (χ1) is 16.6. The summed E-state index contributed by atoms with van der Waals surface area (Å²) < 4.78 is 8.09. The molecule has 0 bridgehead atoms. The summed E-state index contributed by atoms with van der Waals surface area (Å²) in [6.45, 7) is 1.22. The van der Waals surface area contributed by atoms with Gasteiger partial charge in [0, 0.05) is 30.1 Å². The van der Waals surface area contributed by atoms with Gasteiger partial charge in [-0.3, -0.25) is 4.79 Å². The molecule has 5 aromatic rings. The summed E-state index contributed by atoms with van der Waals surface area (Å²) in [5.74, 6) is 1.04. The van der Waals surface area contributed by atoms with Crippen LogP contribution in [0.5, 0.6) is 5.75 Å².